The first kappa shape index (κ1) is 14.8. The molecule has 0 aromatic carbocycles. The molecule has 0 aliphatic heterocycles. The Hall–Kier alpha value is -2.64. The number of nitrogens with one attached hydrogen (secondary N) is 2. The average molecular weight is 290 g/mol. The third-order valence-corrected chi connectivity index (χ3v) is 3.17. The molecular weight excluding hydrogens is 272 g/mol. The Morgan fingerprint density at radius 1 is 1.33 bits per heavy atom. The standard InChI is InChI=1S/C13H18N6O2/c1-5-19-8(2)9(6-15-19)12(20)16-10-7-18(4)17-11(10)13(21)14-3/h6-7H,5H2,1-4H3,(H,14,21)(H,16,20). The van der Waals surface area contributed by atoms with Gasteiger partial charge in [-0.05, 0) is 13.8 Å². The highest BCUT2D eigenvalue weighted by Crippen LogP contribution is 2.16. The van der Waals surface area contributed by atoms with Crippen LogP contribution < -0.4 is 10.6 Å². The van der Waals surface area contributed by atoms with Gasteiger partial charge in [-0.15, -0.1) is 0 Å². The van der Waals surface area contributed by atoms with Gasteiger partial charge in [0.15, 0.2) is 5.69 Å². The van der Waals surface area contributed by atoms with Crippen molar-refractivity contribution in [3.63, 3.8) is 0 Å². The molecule has 8 heteroatoms. The quantitative estimate of drug-likeness (QED) is 0.860. The van der Waals surface area contributed by atoms with Gasteiger partial charge in [-0.2, -0.15) is 10.2 Å². The van der Waals surface area contributed by atoms with E-state index in [2.05, 4.69) is 20.8 Å². The highest BCUT2D eigenvalue weighted by molar-refractivity contribution is 6.08. The Labute approximate surface area is 122 Å². The predicted octanol–water partition coefficient (Wildman–Crippen LogP) is 0.557. The van der Waals surface area contributed by atoms with Crippen LogP contribution in [0.4, 0.5) is 5.69 Å². The fourth-order valence-corrected chi connectivity index (χ4v) is 2.04. The number of aromatic nitrogens is 4. The maximum absolute atomic E-state index is 12.3. The molecule has 2 aromatic heterocycles. The van der Waals surface area contributed by atoms with Gasteiger partial charge in [-0.1, -0.05) is 0 Å². The SMILES string of the molecule is CCn1ncc(C(=O)Nc2cn(C)nc2C(=O)NC)c1C. The van der Waals surface area contributed by atoms with Crippen molar-refractivity contribution in [3.05, 3.63) is 29.3 Å². The number of anilines is 1. The second kappa shape index (κ2) is 5.78. The molecule has 0 saturated heterocycles. The molecule has 0 bridgehead atoms. The molecule has 2 aromatic rings. The van der Waals surface area contributed by atoms with Gasteiger partial charge in [0.2, 0.25) is 0 Å². The Balaban J connectivity index is 2.27. The number of rotatable bonds is 4. The van der Waals surface area contributed by atoms with Crippen molar-refractivity contribution in [1.29, 1.82) is 0 Å². The fourth-order valence-electron chi connectivity index (χ4n) is 2.04. The van der Waals surface area contributed by atoms with E-state index in [4.69, 9.17) is 0 Å². The summed E-state index contributed by atoms with van der Waals surface area (Å²) in [6, 6.07) is 0. The molecule has 8 nitrogen and oxygen atoms in total. The molecule has 0 saturated carbocycles. The Kier molecular flexibility index (Phi) is 4.06. The maximum atomic E-state index is 12.3. The van der Waals surface area contributed by atoms with Crippen LogP contribution in [-0.4, -0.2) is 38.4 Å². The third-order valence-electron chi connectivity index (χ3n) is 3.17. The van der Waals surface area contributed by atoms with E-state index in [9.17, 15) is 9.59 Å². The third kappa shape index (κ3) is 2.78. The molecule has 2 heterocycles. The monoisotopic (exact) mass is 290 g/mol. The van der Waals surface area contributed by atoms with Gasteiger partial charge in [0.25, 0.3) is 11.8 Å². The summed E-state index contributed by atoms with van der Waals surface area (Å²) >= 11 is 0. The maximum Gasteiger partial charge on any atom is 0.273 e. The van der Waals surface area contributed by atoms with Crippen LogP contribution in [-0.2, 0) is 13.6 Å². The van der Waals surface area contributed by atoms with E-state index in [0.29, 0.717) is 17.8 Å². The zero-order valence-corrected chi connectivity index (χ0v) is 12.5. The summed E-state index contributed by atoms with van der Waals surface area (Å²) < 4.78 is 3.21. The predicted molar refractivity (Wildman–Crippen MR) is 77.2 cm³/mol. The van der Waals surface area contributed by atoms with Crippen LogP contribution in [0.25, 0.3) is 0 Å². The second-order valence-corrected chi connectivity index (χ2v) is 4.56. The van der Waals surface area contributed by atoms with Crippen LogP contribution in [0.1, 0.15) is 33.5 Å². The summed E-state index contributed by atoms with van der Waals surface area (Å²) in [6.07, 6.45) is 3.10. The van der Waals surface area contributed by atoms with Gasteiger partial charge >= 0.3 is 0 Å². The summed E-state index contributed by atoms with van der Waals surface area (Å²) in [5.74, 6) is -0.669. The number of hydrogen-bond acceptors (Lipinski definition) is 4. The largest absolute Gasteiger partial charge is 0.354 e. The molecule has 0 spiro atoms. The van der Waals surface area contributed by atoms with E-state index in [1.807, 2.05) is 13.8 Å². The van der Waals surface area contributed by atoms with Gasteiger partial charge < -0.3 is 10.6 Å². The minimum Gasteiger partial charge on any atom is -0.354 e. The van der Waals surface area contributed by atoms with Gasteiger partial charge in [0.05, 0.1) is 17.4 Å². The fraction of sp³-hybridized carbons (Fsp3) is 0.385. The van der Waals surface area contributed by atoms with Crippen LogP contribution in [0, 0.1) is 6.92 Å². The number of carbonyl (C=O) groups is 2. The van der Waals surface area contributed by atoms with Crippen molar-refractivity contribution in [2.45, 2.75) is 20.4 Å². The van der Waals surface area contributed by atoms with Gasteiger partial charge in [0.1, 0.15) is 0 Å². The Bertz CT molecular complexity index is 685. The van der Waals surface area contributed by atoms with Gasteiger partial charge in [-0.3, -0.25) is 19.0 Å². The van der Waals surface area contributed by atoms with E-state index in [1.54, 1.807) is 17.9 Å². The van der Waals surface area contributed by atoms with E-state index >= 15 is 0 Å². The molecule has 0 aliphatic carbocycles. The Morgan fingerprint density at radius 3 is 2.62 bits per heavy atom. The molecule has 2 N–H and O–H groups in total. The van der Waals surface area contributed by atoms with E-state index in [-0.39, 0.29) is 17.5 Å². The van der Waals surface area contributed by atoms with Crippen LogP contribution in [0.2, 0.25) is 0 Å². The van der Waals surface area contributed by atoms with Crippen molar-refractivity contribution in [3.8, 4) is 0 Å². The van der Waals surface area contributed by atoms with Gasteiger partial charge in [0, 0.05) is 32.5 Å². The summed E-state index contributed by atoms with van der Waals surface area (Å²) in [7, 11) is 3.19. The van der Waals surface area contributed by atoms with Crippen LogP contribution in [0.5, 0.6) is 0 Å². The molecule has 112 valence electrons. The zero-order chi connectivity index (χ0) is 15.6. The lowest BCUT2D eigenvalue weighted by atomic mass is 10.2. The highest BCUT2D eigenvalue weighted by Gasteiger charge is 2.19. The van der Waals surface area contributed by atoms with Crippen molar-refractivity contribution in [2.75, 3.05) is 12.4 Å². The second-order valence-electron chi connectivity index (χ2n) is 4.56. The normalized spacial score (nSPS) is 10.5. The van der Waals surface area contributed by atoms with Crippen LogP contribution in [0.15, 0.2) is 12.4 Å². The first-order valence-electron chi connectivity index (χ1n) is 6.57. The number of hydrogen-bond donors (Lipinski definition) is 2. The summed E-state index contributed by atoms with van der Waals surface area (Å²) in [4.78, 5) is 24.0. The smallest absolute Gasteiger partial charge is 0.273 e. The minimum absolute atomic E-state index is 0.175. The Morgan fingerprint density at radius 2 is 2.05 bits per heavy atom. The summed E-state index contributed by atoms with van der Waals surface area (Å²) in [5, 5.41) is 13.4. The van der Waals surface area contributed by atoms with Crippen molar-refractivity contribution >= 4 is 17.5 Å². The zero-order valence-electron chi connectivity index (χ0n) is 12.5. The lowest BCUT2D eigenvalue weighted by Gasteiger charge is -2.05. The number of aryl methyl sites for hydroxylation is 2. The minimum atomic E-state index is -0.355. The molecule has 0 unspecified atom stereocenters. The van der Waals surface area contributed by atoms with E-state index in [1.165, 1.54) is 17.9 Å². The molecule has 0 radical (unpaired) electrons. The van der Waals surface area contributed by atoms with Crippen molar-refractivity contribution < 1.29 is 9.59 Å². The lowest BCUT2D eigenvalue weighted by Crippen LogP contribution is -2.21. The van der Waals surface area contributed by atoms with Crippen LogP contribution in [0.3, 0.4) is 0 Å². The molecule has 2 rings (SSSR count). The number of nitrogens with zero attached hydrogens (tertiary/aromatic N) is 4. The van der Waals surface area contributed by atoms with Crippen LogP contribution >= 0.6 is 0 Å². The average Bonchev–Trinajstić information content (AvgIpc) is 3.00. The molecular formula is C13H18N6O2. The van der Waals surface area contributed by atoms with E-state index < -0.39 is 0 Å². The van der Waals surface area contributed by atoms with Crippen molar-refractivity contribution in [1.82, 2.24) is 24.9 Å². The number of carbonyl (C=O) groups excluding carboxylic acids is 2. The summed E-state index contributed by atoms with van der Waals surface area (Å²) in [5.41, 5.74) is 1.79. The highest BCUT2D eigenvalue weighted by atomic mass is 16.2. The summed E-state index contributed by atoms with van der Waals surface area (Å²) in [6.45, 7) is 4.47. The lowest BCUT2D eigenvalue weighted by molar-refractivity contribution is 0.0958. The molecule has 2 amide bonds. The topological polar surface area (TPSA) is 93.8 Å². The first-order chi connectivity index (χ1) is 9.97. The van der Waals surface area contributed by atoms with Gasteiger partial charge in [-0.25, -0.2) is 0 Å². The molecule has 21 heavy (non-hydrogen) atoms. The molecule has 0 atom stereocenters. The van der Waals surface area contributed by atoms with Crippen molar-refractivity contribution in [2.24, 2.45) is 7.05 Å². The first-order valence-corrected chi connectivity index (χ1v) is 6.57. The van der Waals surface area contributed by atoms with E-state index in [0.717, 1.165) is 5.69 Å². The number of amides is 2. The molecule has 0 aliphatic rings. The molecule has 0 fully saturated rings.